The first kappa shape index (κ1) is 13.3. The molecular formula is C16H16BrN3. The largest absolute Gasteiger partial charge is 0.325 e. The van der Waals surface area contributed by atoms with Crippen molar-refractivity contribution in [1.82, 2.24) is 9.38 Å². The summed E-state index contributed by atoms with van der Waals surface area (Å²) in [6.45, 7) is 4.69. The van der Waals surface area contributed by atoms with Crippen molar-refractivity contribution in [2.75, 3.05) is 0 Å². The molecule has 0 radical (unpaired) electrons. The van der Waals surface area contributed by atoms with Gasteiger partial charge in [-0.3, -0.25) is 0 Å². The van der Waals surface area contributed by atoms with Gasteiger partial charge in [-0.1, -0.05) is 12.1 Å². The Bertz CT molecular complexity index is 790. The molecule has 0 atom stereocenters. The average Bonchev–Trinajstić information content (AvgIpc) is 2.82. The van der Waals surface area contributed by atoms with Crippen molar-refractivity contribution < 1.29 is 0 Å². The fourth-order valence-corrected chi connectivity index (χ4v) is 2.83. The topological polar surface area (TPSA) is 43.3 Å². The Kier molecular flexibility index (Phi) is 3.36. The lowest BCUT2D eigenvalue weighted by Gasteiger charge is -2.05. The number of halogens is 1. The third kappa shape index (κ3) is 2.05. The summed E-state index contributed by atoms with van der Waals surface area (Å²) in [4.78, 5) is 4.76. The summed E-state index contributed by atoms with van der Waals surface area (Å²) < 4.78 is 3.03. The summed E-state index contributed by atoms with van der Waals surface area (Å²) in [6.07, 6.45) is 2.00. The third-order valence-corrected chi connectivity index (χ3v) is 4.29. The number of imidazole rings is 1. The predicted octanol–water partition coefficient (Wildman–Crippen LogP) is 3.84. The van der Waals surface area contributed by atoms with Crippen LogP contribution in [0.3, 0.4) is 0 Å². The highest BCUT2D eigenvalue weighted by Gasteiger charge is 2.14. The Morgan fingerprint density at radius 1 is 1.20 bits per heavy atom. The van der Waals surface area contributed by atoms with Crippen LogP contribution in [-0.4, -0.2) is 9.38 Å². The van der Waals surface area contributed by atoms with Crippen molar-refractivity contribution in [3.63, 3.8) is 0 Å². The molecule has 0 unspecified atom stereocenters. The normalized spacial score (nSPS) is 11.2. The summed E-state index contributed by atoms with van der Waals surface area (Å²) in [5, 5.41) is 0. The van der Waals surface area contributed by atoms with Crippen LogP contribution < -0.4 is 5.73 Å². The second-order valence-corrected chi connectivity index (χ2v) is 5.81. The second kappa shape index (κ2) is 5.04. The van der Waals surface area contributed by atoms with Crippen LogP contribution in [0, 0.1) is 13.8 Å². The van der Waals surface area contributed by atoms with Crippen LogP contribution in [0.1, 0.15) is 16.8 Å². The highest BCUT2D eigenvalue weighted by Crippen LogP contribution is 2.28. The molecule has 0 aliphatic carbocycles. The lowest BCUT2D eigenvalue weighted by Crippen LogP contribution is -2.02. The summed E-state index contributed by atoms with van der Waals surface area (Å²) in [5.41, 5.74) is 12.5. The summed E-state index contributed by atoms with van der Waals surface area (Å²) in [6, 6.07) is 10.4. The number of aryl methyl sites for hydroxylation is 2. The van der Waals surface area contributed by atoms with Crippen molar-refractivity contribution >= 4 is 21.6 Å². The zero-order valence-electron chi connectivity index (χ0n) is 11.5. The smallest absolute Gasteiger partial charge is 0.152 e. The van der Waals surface area contributed by atoms with Gasteiger partial charge in [0.05, 0.1) is 15.9 Å². The van der Waals surface area contributed by atoms with Gasteiger partial charge >= 0.3 is 0 Å². The number of fused-ring (bicyclic) bond motifs is 1. The molecule has 2 N–H and O–H groups in total. The van der Waals surface area contributed by atoms with E-state index in [-0.39, 0.29) is 0 Å². The molecule has 0 saturated heterocycles. The van der Waals surface area contributed by atoms with E-state index >= 15 is 0 Å². The number of hydrogen-bond acceptors (Lipinski definition) is 2. The van der Waals surface area contributed by atoms with Crippen molar-refractivity contribution in [1.29, 1.82) is 0 Å². The molecule has 102 valence electrons. The first-order chi connectivity index (χ1) is 9.61. The molecule has 0 spiro atoms. The van der Waals surface area contributed by atoms with Gasteiger partial charge in [0, 0.05) is 18.3 Å². The van der Waals surface area contributed by atoms with Crippen LogP contribution in [0.2, 0.25) is 0 Å². The van der Waals surface area contributed by atoms with Gasteiger partial charge in [0.2, 0.25) is 0 Å². The highest BCUT2D eigenvalue weighted by molar-refractivity contribution is 9.10. The molecule has 3 nitrogen and oxygen atoms in total. The van der Waals surface area contributed by atoms with E-state index in [0.29, 0.717) is 6.54 Å². The molecular weight excluding hydrogens is 314 g/mol. The van der Waals surface area contributed by atoms with Crippen molar-refractivity contribution in [3.8, 4) is 11.3 Å². The zero-order chi connectivity index (χ0) is 14.3. The number of hydrogen-bond donors (Lipinski definition) is 1. The Hall–Kier alpha value is -1.65. The van der Waals surface area contributed by atoms with Gasteiger partial charge in [0.25, 0.3) is 0 Å². The molecule has 0 aliphatic rings. The fraction of sp³-hybridized carbons (Fsp3) is 0.188. The Balaban J connectivity index is 2.30. The van der Waals surface area contributed by atoms with Gasteiger partial charge in [0.15, 0.2) is 5.65 Å². The molecule has 0 saturated carbocycles. The van der Waals surface area contributed by atoms with Crippen molar-refractivity contribution in [3.05, 3.63) is 57.8 Å². The maximum absolute atomic E-state index is 5.94. The van der Waals surface area contributed by atoms with E-state index < -0.39 is 0 Å². The minimum Gasteiger partial charge on any atom is -0.325 e. The van der Waals surface area contributed by atoms with Crippen LogP contribution in [0.25, 0.3) is 16.9 Å². The van der Waals surface area contributed by atoms with E-state index in [0.717, 1.165) is 27.1 Å². The SMILES string of the molecule is Cc1ccc(-c2nc3c(Br)cccn3c2CN)cc1C. The molecule has 0 aliphatic heterocycles. The molecule has 0 amide bonds. The van der Waals surface area contributed by atoms with Crippen LogP contribution >= 0.6 is 15.9 Å². The maximum Gasteiger partial charge on any atom is 0.152 e. The van der Waals surface area contributed by atoms with Crippen molar-refractivity contribution in [2.45, 2.75) is 20.4 Å². The Morgan fingerprint density at radius 3 is 2.70 bits per heavy atom. The molecule has 2 heterocycles. The van der Waals surface area contributed by atoms with E-state index in [2.05, 4.69) is 52.4 Å². The Morgan fingerprint density at radius 2 is 2.00 bits per heavy atom. The minimum absolute atomic E-state index is 0.458. The zero-order valence-corrected chi connectivity index (χ0v) is 13.1. The standard InChI is InChI=1S/C16H16BrN3/c1-10-5-6-12(8-11(10)2)15-14(9-18)20-7-3-4-13(17)16(20)19-15/h3-8H,9,18H2,1-2H3. The van der Waals surface area contributed by atoms with Gasteiger partial charge in [-0.05, 0) is 59.1 Å². The molecule has 4 heteroatoms. The lowest BCUT2D eigenvalue weighted by atomic mass is 10.0. The van der Waals surface area contributed by atoms with E-state index in [9.17, 15) is 0 Å². The average molecular weight is 330 g/mol. The molecule has 1 aromatic carbocycles. The molecule has 0 bridgehead atoms. The van der Waals surface area contributed by atoms with E-state index in [4.69, 9.17) is 10.7 Å². The molecule has 20 heavy (non-hydrogen) atoms. The quantitative estimate of drug-likeness (QED) is 0.776. The molecule has 3 aromatic rings. The maximum atomic E-state index is 5.94. The highest BCUT2D eigenvalue weighted by atomic mass is 79.9. The first-order valence-electron chi connectivity index (χ1n) is 6.55. The van der Waals surface area contributed by atoms with E-state index in [1.165, 1.54) is 11.1 Å². The first-order valence-corrected chi connectivity index (χ1v) is 7.34. The molecule has 2 aromatic heterocycles. The third-order valence-electron chi connectivity index (χ3n) is 3.68. The number of nitrogens with zero attached hydrogens (tertiary/aromatic N) is 2. The number of rotatable bonds is 2. The van der Waals surface area contributed by atoms with Gasteiger partial charge in [-0.25, -0.2) is 4.98 Å². The van der Waals surface area contributed by atoms with E-state index in [1.54, 1.807) is 0 Å². The number of nitrogens with two attached hydrogens (primary N) is 1. The number of pyridine rings is 1. The van der Waals surface area contributed by atoms with Crippen LogP contribution in [-0.2, 0) is 6.54 Å². The Labute approximate surface area is 126 Å². The van der Waals surface area contributed by atoms with E-state index in [1.807, 2.05) is 18.3 Å². The van der Waals surface area contributed by atoms with Crippen molar-refractivity contribution in [2.24, 2.45) is 5.73 Å². The molecule has 3 rings (SSSR count). The van der Waals surface area contributed by atoms with Gasteiger partial charge < -0.3 is 10.1 Å². The molecule has 0 fully saturated rings. The summed E-state index contributed by atoms with van der Waals surface area (Å²) in [7, 11) is 0. The monoisotopic (exact) mass is 329 g/mol. The van der Waals surface area contributed by atoms with Gasteiger partial charge in [-0.2, -0.15) is 0 Å². The predicted molar refractivity (Wildman–Crippen MR) is 85.7 cm³/mol. The summed E-state index contributed by atoms with van der Waals surface area (Å²) in [5.74, 6) is 0. The minimum atomic E-state index is 0.458. The van der Waals surface area contributed by atoms with Crippen LogP contribution in [0.4, 0.5) is 0 Å². The van der Waals surface area contributed by atoms with Crippen LogP contribution in [0.5, 0.6) is 0 Å². The second-order valence-electron chi connectivity index (χ2n) is 4.96. The lowest BCUT2D eigenvalue weighted by molar-refractivity contribution is 0.960. The fourth-order valence-electron chi connectivity index (χ4n) is 2.40. The summed E-state index contributed by atoms with van der Waals surface area (Å²) >= 11 is 3.55. The van der Waals surface area contributed by atoms with Gasteiger partial charge in [-0.15, -0.1) is 0 Å². The number of aromatic nitrogens is 2. The van der Waals surface area contributed by atoms with Crippen LogP contribution in [0.15, 0.2) is 41.0 Å². The number of benzene rings is 1. The van der Waals surface area contributed by atoms with Gasteiger partial charge in [0.1, 0.15) is 0 Å².